The number of carbonyl (C=O) groups excluding carboxylic acids is 1. The van der Waals surface area contributed by atoms with Crippen LogP contribution in [0, 0.1) is 0 Å². The molecule has 0 spiro atoms. The van der Waals surface area contributed by atoms with Gasteiger partial charge in [0.2, 0.25) is 0 Å². The average Bonchev–Trinajstić information content (AvgIpc) is 2.22. The highest BCUT2D eigenvalue weighted by Crippen LogP contribution is 2.35. The van der Waals surface area contributed by atoms with E-state index >= 15 is 0 Å². The lowest BCUT2D eigenvalue weighted by atomic mass is 9.93. The van der Waals surface area contributed by atoms with Crippen LogP contribution in [0.1, 0.15) is 35.2 Å². The molecule has 1 amide bonds. The van der Waals surface area contributed by atoms with E-state index < -0.39 is 17.6 Å². The number of hydrogen-bond acceptors (Lipinski definition) is 1. The Morgan fingerprint density at radius 2 is 2.00 bits per heavy atom. The fourth-order valence-corrected chi connectivity index (χ4v) is 2.18. The molecule has 1 aliphatic rings. The van der Waals surface area contributed by atoms with Crippen LogP contribution in [0.5, 0.6) is 0 Å². The van der Waals surface area contributed by atoms with E-state index in [-0.39, 0.29) is 16.1 Å². The zero-order chi connectivity index (χ0) is 13.3. The third kappa shape index (κ3) is 2.85. The van der Waals surface area contributed by atoms with Crippen LogP contribution in [0.25, 0.3) is 0 Å². The van der Waals surface area contributed by atoms with Crippen molar-refractivity contribution in [1.29, 1.82) is 0 Å². The maximum absolute atomic E-state index is 12.7. The molecular weight excluding hydrogens is 311 g/mol. The van der Waals surface area contributed by atoms with Gasteiger partial charge in [0.05, 0.1) is 5.56 Å². The molecule has 0 unspecified atom stereocenters. The van der Waals surface area contributed by atoms with E-state index in [4.69, 9.17) is 0 Å². The van der Waals surface area contributed by atoms with Crippen LogP contribution in [0.2, 0.25) is 0 Å². The van der Waals surface area contributed by atoms with Crippen LogP contribution < -0.4 is 5.32 Å². The van der Waals surface area contributed by atoms with Gasteiger partial charge in [-0.3, -0.25) is 4.79 Å². The molecule has 1 aromatic rings. The van der Waals surface area contributed by atoms with Gasteiger partial charge in [-0.1, -0.05) is 15.9 Å². The van der Waals surface area contributed by atoms with Gasteiger partial charge >= 0.3 is 6.18 Å². The lowest BCUT2D eigenvalue weighted by Crippen LogP contribution is -2.39. The Balaban J connectivity index is 2.20. The first-order valence-corrected chi connectivity index (χ1v) is 6.35. The summed E-state index contributed by atoms with van der Waals surface area (Å²) in [6, 6.07) is 3.61. The third-order valence-electron chi connectivity index (χ3n) is 2.97. The largest absolute Gasteiger partial charge is 0.417 e. The molecular formula is C12H11BrF3NO. The van der Waals surface area contributed by atoms with E-state index in [1.165, 1.54) is 12.1 Å². The van der Waals surface area contributed by atoms with Crippen molar-refractivity contribution in [3.05, 3.63) is 33.8 Å². The smallest absolute Gasteiger partial charge is 0.349 e. The molecule has 0 atom stereocenters. The number of alkyl halides is 3. The number of amides is 1. The number of carbonyl (C=O) groups is 1. The molecule has 1 N–H and O–H groups in total. The number of hydrogen-bond donors (Lipinski definition) is 1. The molecule has 1 fully saturated rings. The van der Waals surface area contributed by atoms with Crippen LogP contribution in [0.4, 0.5) is 13.2 Å². The number of benzene rings is 1. The molecule has 1 aliphatic carbocycles. The molecule has 1 aromatic carbocycles. The minimum absolute atomic E-state index is 0.0393. The topological polar surface area (TPSA) is 29.1 Å². The first kappa shape index (κ1) is 13.4. The second-order valence-corrected chi connectivity index (χ2v) is 5.15. The van der Waals surface area contributed by atoms with Crippen molar-refractivity contribution >= 4 is 21.8 Å². The first-order chi connectivity index (χ1) is 8.38. The van der Waals surface area contributed by atoms with E-state index in [2.05, 4.69) is 21.2 Å². The van der Waals surface area contributed by atoms with Gasteiger partial charge in [0.25, 0.3) is 5.91 Å². The van der Waals surface area contributed by atoms with E-state index in [0.29, 0.717) is 0 Å². The normalized spacial score (nSPS) is 16.2. The summed E-state index contributed by atoms with van der Waals surface area (Å²) in [5, 5.41) is 2.71. The van der Waals surface area contributed by atoms with E-state index in [9.17, 15) is 18.0 Å². The third-order valence-corrected chi connectivity index (χ3v) is 3.67. The van der Waals surface area contributed by atoms with Crippen molar-refractivity contribution in [3.63, 3.8) is 0 Å². The monoisotopic (exact) mass is 321 g/mol. The second-order valence-electron chi connectivity index (χ2n) is 4.29. The summed E-state index contributed by atoms with van der Waals surface area (Å²) in [7, 11) is 0. The highest BCUT2D eigenvalue weighted by Gasteiger charge is 2.33. The molecule has 0 bridgehead atoms. The van der Waals surface area contributed by atoms with Gasteiger partial charge in [-0.25, -0.2) is 0 Å². The predicted molar refractivity (Wildman–Crippen MR) is 64.2 cm³/mol. The zero-order valence-electron chi connectivity index (χ0n) is 9.35. The molecule has 0 radical (unpaired) electrons. The van der Waals surface area contributed by atoms with Gasteiger partial charge in [-0.15, -0.1) is 0 Å². The molecule has 1 saturated carbocycles. The van der Waals surface area contributed by atoms with Gasteiger partial charge in [-0.05, 0) is 37.5 Å². The van der Waals surface area contributed by atoms with E-state index in [1.807, 2.05) is 0 Å². The zero-order valence-corrected chi connectivity index (χ0v) is 10.9. The van der Waals surface area contributed by atoms with Gasteiger partial charge < -0.3 is 5.32 Å². The Bertz CT molecular complexity index is 469. The summed E-state index contributed by atoms with van der Waals surface area (Å²) in [5.41, 5.74) is -0.791. The Labute approximate surface area is 111 Å². The maximum Gasteiger partial charge on any atom is 0.417 e. The Kier molecular flexibility index (Phi) is 3.66. The molecule has 2 nitrogen and oxygen atoms in total. The standard InChI is InChI=1S/C12H11BrF3NO/c13-10-5-4-7(6-9(10)12(14,15)16)11(18)17-8-2-1-3-8/h4-6,8H,1-3H2,(H,17,18). The van der Waals surface area contributed by atoms with Crippen molar-refractivity contribution in [3.8, 4) is 0 Å². The lowest BCUT2D eigenvalue weighted by Gasteiger charge is -2.26. The van der Waals surface area contributed by atoms with Crippen LogP contribution in [-0.4, -0.2) is 11.9 Å². The Morgan fingerprint density at radius 1 is 1.33 bits per heavy atom. The number of nitrogens with one attached hydrogen (secondary N) is 1. The average molecular weight is 322 g/mol. The Morgan fingerprint density at radius 3 is 2.50 bits per heavy atom. The minimum Gasteiger partial charge on any atom is -0.349 e. The lowest BCUT2D eigenvalue weighted by molar-refractivity contribution is -0.138. The summed E-state index contributed by atoms with van der Waals surface area (Å²) in [6.45, 7) is 0. The maximum atomic E-state index is 12.7. The van der Waals surface area contributed by atoms with Crippen molar-refractivity contribution in [2.75, 3.05) is 0 Å². The Hall–Kier alpha value is -1.04. The molecule has 0 aliphatic heterocycles. The van der Waals surface area contributed by atoms with Crippen molar-refractivity contribution in [2.24, 2.45) is 0 Å². The van der Waals surface area contributed by atoms with Crippen LogP contribution in [0.3, 0.4) is 0 Å². The van der Waals surface area contributed by atoms with Gasteiger partial charge in [-0.2, -0.15) is 13.2 Å². The van der Waals surface area contributed by atoms with Gasteiger partial charge in [0, 0.05) is 16.1 Å². The summed E-state index contributed by atoms with van der Waals surface area (Å²) >= 11 is 2.84. The highest BCUT2D eigenvalue weighted by molar-refractivity contribution is 9.10. The minimum atomic E-state index is -4.47. The molecule has 18 heavy (non-hydrogen) atoms. The van der Waals surface area contributed by atoms with Crippen molar-refractivity contribution < 1.29 is 18.0 Å². The SMILES string of the molecule is O=C(NC1CCC1)c1ccc(Br)c(C(F)(F)F)c1. The summed E-state index contributed by atoms with van der Waals surface area (Å²) < 4.78 is 38.0. The molecule has 6 heteroatoms. The van der Waals surface area contributed by atoms with E-state index in [1.54, 1.807) is 0 Å². The predicted octanol–water partition coefficient (Wildman–Crippen LogP) is 3.75. The second kappa shape index (κ2) is 4.91. The number of rotatable bonds is 2. The molecule has 0 aromatic heterocycles. The quantitative estimate of drug-likeness (QED) is 0.883. The fraction of sp³-hybridized carbons (Fsp3) is 0.417. The van der Waals surface area contributed by atoms with Crippen LogP contribution >= 0.6 is 15.9 Å². The molecule has 98 valence electrons. The summed E-state index contributed by atoms with van der Waals surface area (Å²) in [6.07, 6.45) is -1.62. The molecule has 2 rings (SSSR count). The van der Waals surface area contributed by atoms with Crippen molar-refractivity contribution in [1.82, 2.24) is 5.32 Å². The summed E-state index contributed by atoms with van der Waals surface area (Å²) in [4.78, 5) is 11.7. The van der Waals surface area contributed by atoms with Gasteiger partial charge in [0.1, 0.15) is 0 Å². The molecule has 0 saturated heterocycles. The molecule has 0 heterocycles. The highest BCUT2D eigenvalue weighted by atomic mass is 79.9. The summed E-state index contributed by atoms with van der Waals surface area (Å²) in [5.74, 6) is -0.447. The van der Waals surface area contributed by atoms with E-state index in [0.717, 1.165) is 25.3 Å². The first-order valence-electron chi connectivity index (χ1n) is 5.55. The number of halogens is 4. The van der Waals surface area contributed by atoms with Gasteiger partial charge in [0.15, 0.2) is 0 Å². The van der Waals surface area contributed by atoms with Crippen LogP contribution in [0.15, 0.2) is 22.7 Å². The van der Waals surface area contributed by atoms with Crippen LogP contribution in [-0.2, 0) is 6.18 Å². The fourth-order valence-electron chi connectivity index (χ4n) is 1.71. The van der Waals surface area contributed by atoms with Crippen molar-refractivity contribution in [2.45, 2.75) is 31.5 Å².